The lowest BCUT2D eigenvalue weighted by Crippen LogP contribution is -2.25. The van der Waals surface area contributed by atoms with Crippen molar-refractivity contribution in [1.82, 2.24) is 0 Å². The van der Waals surface area contributed by atoms with Crippen LogP contribution < -0.4 is 0 Å². The first-order chi connectivity index (χ1) is 8.61. The number of hydrogen-bond donors (Lipinski definition) is 0. The third kappa shape index (κ3) is 2.82. The normalized spacial score (nSPS) is 23.5. The van der Waals surface area contributed by atoms with E-state index in [1.807, 2.05) is 6.92 Å². The highest BCUT2D eigenvalue weighted by Crippen LogP contribution is 2.30. The summed E-state index contributed by atoms with van der Waals surface area (Å²) in [5, 5.41) is 2.18. The third-order valence-electron chi connectivity index (χ3n) is 2.77. The van der Waals surface area contributed by atoms with E-state index < -0.39 is 12.1 Å². The molecule has 0 unspecified atom stereocenters. The lowest BCUT2D eigenvalue weighted by atomic mass is 10.1. The van der Waals surface area contributed by atoms with Crippen molar-refractivity contribution in [3.05, 3.63) is 29.1 Å². The Bertz CT molecular complexity index is 469. The summed E-state index contributed by atoms with van der Waals surface area (Å²) in [5.41, 5.74) is 1.58. The van der Waals surface area contributed by atoms with Crippen molar-refractivity contribution in [1.29, 1.82) is 0 Å². The van der Waals surface area contributed by atoms with E-state index in [4.69, 9.17) is 9.47 Å². The molecule has 0 radical (unpaired) electrons. The van der Waals surface area contributed by atoms with Gasteiger partial charge in [0.25, 0.3) is 0 Å². The maximum absolute atomic E-state index is 13.8. The Kier molecular flexibility index (Phi) is 4.19. The molecule has 0 aliphatic carbocycles. The van der Waals surface area contributed by atoms with Gasteiger partial charge in [-0.05, 0) is 36.8 Å². The maximum atomic E-state index is 13.8. The zero-order chi connectivity index (χ0) is 13.1. The monoisotopic (exact) mass is 267 g/mol. The van der Waals surface area contributed by atoms with Gasteiger partial charge in [0.2, 0.25) is 0 Å². The molecule has 18 heavy (non-hydrogen) atoms. The molecule has 1 aliphatic rings. The zero-order valence-corrected chi connectivity index (χ0v) is 11.1. The van der Waals surface area contributed by atoms with Gasteiger partial charge in [-0.25, -0.2) is 4.39 Å². The molecule has 1 fully saturated rings. The predicted molar refractivity (Wildman–Crippen MR) is 69.6 cm³/mol. The molecular formula is C13H14FNO2S. The van der Waals surface area contributed by atoms with Crippen LogP contribution in [-0.4, -0.2) is 18.4 Å². The number of hydrogen-bond acceptors (Lipinski definition) is 4. The Morgan fingerprint density at radius 1 is 1.39 bits per heavy atom. The van der Waals surface area contributed by atoms with Crippen molar-refractivity contribution in [3.8, 4) is 0 Å². The molecule has 96 valence electrons. The van der Waals surface area contributed by atoms with Crippen LogP contribution in [0.4, 0.5) is 10.1 Å². The minimum absolute atomic E-state index is 0.220. The van der Waals surface area contributed by atoms with Crippen LogP contribution in [0.2, 0.25) is 0 Å². The fourth-order valence-corrected chi connectivity index (χ4v) is 1.97. The largest absolute Gasteiger partial charge is 0.348 e. The summed E-state index contributed by atoms with van der Waals surface area (Å²) in [5.74, 6) is -0.0703. The van der Waals surface area contributed by atoms with Crippen molar-refractivity contribution in [2.75, 3.05) is 13.2 Å². The number of isothiocyanates is 1. The van der Waals surface area contributed by atoms with E-state index >= 15 is 0 Å². The van der Waals surface area contributed by atoms with Gasteiger partial charge >= 0.3 is 0 Å². The van der Waals surface area contributed by atoms with E-state index in [2.05, 4.69) is 22.4 Å². The second-order valence-electron chi connectivity index (χ2n) is 4.48. The van der Waals surface area contributed by atoms with E-state index in [1.54, 1.807) is 13.0 Å². The molecule has 1 aromatic carbocycles. The fraction of sp³-hybridized carbons (Fsp3) is 0.462. The first-order valence-electron chi connectivity index (χ1n) is 5.73. The van der Waals surface area contributed by atoms with Gasteiger partial charge in [-0.3, -0.25) is 0 Å². The fourth-order valence-electron chi connectivity index (χ4n) is 1.88. The lowest BCUT2D eigenvalue weighted by Gasteiger charge is -2.27. The molecule has 0 spiro atoms. The number of aryl methyl sites for hydroxylation is 1. The van der Waals surface area contributed by atoms with Crippen molar-refractivity contribution in [2.24, 2.45) is 10.9 Å². The molecule has 1 aromatic rings. The van der Waals surface area contributed by atoms with Crippen LogP contribution in [-0.2, 0) is 9.47 Å². The van der Waals surface area contributed by atoms with Crippen LogP contribution >= 0.6 is 12.2 Å². The average Bonchev–Trinajstić information content (AvgIpc) is 2.34. The molecule has 0 bridgehead atoms. The SMILES string of the molecule is Cc1cc(C2OCC(C)CO2)cc(F)c1N=C=S. The third-order valence-corrected chi connectivity index (χ3v) is 2.86. The number of benzene rings is 1. The number of aliphatic imine (C=N–C) groups is 1. The Morgan fingerprint density at radius 3 is 2.61 bits per heavy atom. The van der Waals surface area contributed by atoms with Crippen LogP contribution in [0.15, 0.2) is 17.1 Å². The highest BCUT2D eigenvalue weighted by atomic mass is 32.1. The summed E-state index contributed by atoms with van der Waals surface area (Å²) in [7, 11) is 0. The molecule has 3 nitrogen and oxygen atoms in total. The summed E-state index contributed by atoms with van der Waals surface area (Å²) in [6, 6.07) is 3.18. The van der Waals surface area contributed by atoms with Crippen molar-refractivity contribution in [2.45, 2.75) is 20.1 Å². The summed E-state index contributed by atoms with van der Waals surface area (Å²) >= 11 is 4.49. The van der Waals surface area contributed by atoms with Gasteiger partial charge in [-0.1, -0.05) is 6.92 Å². The molecule has 0 saturated carbocycles. The van der Waals surface area contributed by atoms with Gasteiger partial charge in [0.05, 0.1) is 18.4 Å². The number of nitrogens with zero attached hydrogens (tertiary/aromatic N) is 1. The molecule has 1 aliphatic heterocycles. The van der Waals surface area contributed by atoms with E-state index in [9.17, 15) is 4.39 Å². The van der Waals surface area contributed by atoms with E-state index in [0.29, 0.717) is 30.3 Å². The van der Waals surface area contributed by atoms with Crippen LogP contribution in [0.1, 0.15) is 24.3 Å². The standard InChI is InChI=1S/C13H14FNO2S/c1-8-5-16-13(17-6-8)10-3-9(2)12(15-7-18)11(14)4-10/h3-4,8,13H,5-6H2,1-2H3. The summed E-state index contributed by atoms with van der Waals surface area (Å²) in [6.07, 6.45) is -0.500. The summed E-state index contributed by atoms with van der Waals surface area (Å²) in [4.78, 5) is 3.71. The van der Waals surface area contributed by atoms with Crippen LogP contribution in [0, 0.1) is 18.7 Å². The van der Waals surface area contributed by atoms with Gasteiger partial charge in [-0.2, -0.15) is 4.99 Å². The Hall–Kier alpha value is -1.13. The summed E-state index contributed by atoms with van der Waals surface area (Å²) < 4.78 is 24.9. The molecule has 0 amide bonds. The van der Waals surface area contributed by atoms with E-state index in [1.165, 1.54) is 6.07 Å². The minimum Gasteiger partial charge on any atom is -0.348 e. The first kappa shape index (κ1) is 13.3. The van der Waals surface area contributed by atoms with Gasteiger partial charge in [0.15, 0.2) is 6.29 Å². The minimum atomic E-state index is -0.500. The Labute approximate surface area is 111 Å². The Balaban J connectivity index is 2.27. The second-order valence-corrected chi connectivity index (χ2v) is 4.66. The van der Waals surface area contributed by atoms with Gasteiger partial charge in [-0.15, -0.1) is 0 Å². The van der Waals surface area contributed by atoms with Gasteiger partial charge in [0, 0.05) is 11.5 Å². The van der Waals surface area contributed by atoms with Gasteiger partial charge < -0.3 is 9.47 Å². The Morgan fingerprint density at radius 2 is 2.06 bits per heavy atom. The first-order valence-corrected chi connectivity index (χ1v) is 6.13. The second kappa shape index (κ2) is 5.67. The molecule has 1 heterocycles. The van der Waals surface area contributed by atoms with Crippen LogP contribution in [0.5, 0.6) is 0 Å². The van der Waals surface area contributed by atoms with Crippen molar-refractivity contribution >= 4 is 23.1 Å². The lowest BCUT2D eigenvalue weighted by molar-refractivity contribution is -0.202. The molecule has 0 aromatic heterocycles. The van der Waals surface area contributed by atoms with Crippen LogP contribution in [0.25, 0.3) is 0 Å². The summed E-state index contributed by atoms with van der Waals surface area (Å²) in [6.45, 7) is 5.04. The average molecular weight is 267 g/mol. The smallest absolute Gasteiger partial charge is 0.183 e. The van der Waals surface area contributed by atoms with Crippen LogP contribution in [0.3, 0.4) is 0 Å². The quantitative estimate of drug-likeness (QED) is 0.606. The molecule has 2 rings (SSSR count). The number of thiocarbonyl (C=S) groups is 1. The molecule has 0 N–H and O–H groups in total. The molecule has 1 saturated heterocycles. The van der Waals surface area contributed by atoms with E-state index in [0.717, 1.165) is 0 Å². The topological polar surface area (TPSA) is 30.8 Å². The van der Waals surface area contributed by atoms with Gasteiger partial charge in [0.1, 0.15) is 11.5 Å². The van der Waals surface area contributed by atoms with E-state index in [-0.39, 0.29) is 5.69 Å². The number of halogens is 1. The molecule has 5 heteroatoms. The molecular weight excluding hydrogens is 253 g/mol. The highest BCUT2D eigenvalue weighted by Gasteiger charge is 2.22. The van der Waals surface area contributed by atoms with Crippen molar-refractivity contribution in [3.63, 3.8) is 0 Å². The number of ether oxygens (including phenoxy) is 2. The maximum Gasteiger partial charge on any atom is 0.183 e. The predicted octanol–water partition coefficient (Wildman–Crippen LogP) is 3.55. The van der Waals surface area contributed by atoms with Crippen molar-refractivity contribution < 1.29 is 13.9 Å². The highest BCUT2D eigenvalue weighted by molar-refractivity contribution is 7.78. The molecule has 0 atom stereocenters. The zero-order valence-electron chi connectivity index (χ0n) is 10.3. The number of rotatable bonds is 2.